The van der Waals surface area contributed by atoms with Crippen molar-refractivity contribution < 1.29 is 4.79 Å². The Morgan fingerprint density at radius 1 is 1.19 bits per heavy atom. The number of carbonyl (C=O) groups is 1. The fourth-order valence-electron chi connectivity index (χ4n) is 2.03. The average Bonchev–Trinajstić information content (AvgIpc) is 2.39. The standard InChI is InChI=1S/C15H20BrN3OS/c1-10(2)17-14-19(11(3)4)15(20)18(9-21-14)13-7-5-12(16)6-8-13/h5-8,10-11H,9H2,1-4H3/b17-14-. The molecule has 1 fully saturated rings. The zero-order valence-electron chi connectivity index (χ0n) is 12.7. The number of amides is 2. The Labute approximate surface area is 138 Å². The van der Waals surface area contributed by atoms with Crippen LogP contribution in [0.2, 0.25) is 0 Å². The first-order valence-corrected chi connectivity index (χ1v) is 8.75. The lowest BCUT2D eigenvalue weighted by molar-refractivity contribution is 0.220. The van der Waals surface area contributed by atoms with Gasteiger partial charge in [0.05, 0.1) is 5.88 Å². The summed E-state index contributed by atoms with van der Waals surface area (Å²) < 4.78 is 1.01. The third-order valence-electron chi connectivity index (χ3n) is 2.99. The van der Waals surface area contributed by atoms with Crippen LogP contribution in [-0.2, 0) is 0 Å². The van der Waals surface area contributed by atoms with Crippen LogP contribution in [0.5, 0.6) is 0 Å². The molecule has 0 aromatic heterocycles. The molecular weight excluding hydrogens is 350 g/mol. The van der Waals surface area contributed by atoms with Crippen molar-refractivity contribution in [3.05, 3.63) is 28.7 Å². The molecule has 21 heavy (non-hydrogen) atoms. The lowest BCUT2D eigenvalue weighted by Crippen LogP contribution is -2.53. The van der Waals surface area contributed by atoms with Crippen molar-refractivity contribution in [1.29, 1.82) is 0 Å². The Balaban J connectivity index is 2.29. The van der Waals surface area contributed by atoms with Gasteiger partial charge in [0.15, 0.2) is 5.17 Å². The molecule has 4 nitrogen and oxygen atoms in total. The van der Waals surface area contributed by atoms with E-state index in [2.05, 4.69) is 20.9 Å². The predicted molar refractivity (Wildman–Crippen MR) is 94.0 cm³/mol. The molecule has 2 rings (SSSR count). The molecule has 6 heteroatoms. The van der Waals surface area contributed by atoms with E-state index in [1.165, 1.54) is 0 Å². The van der Waals surface area contributed by atoms with Crippen LogP contribution in [0.25, 0.3) is 0 Å². The third kappa shape index (κ3) is 3.80. The van der Waals surface area contributed by atoms with Gasteiger partial charge in [-0.3, -0.25) is 14.8 Å². The molecule has 1 saturated heterocycles. The molecule has 1 heterocycles. The summed E-state index contributed by atoms with van der Waals surface area (Å²) in [7, 11) is 0. The van der Waals surface area contributed by atoms with Gasteiger partial charge in [0.2, 0.25) is 0 Å². The van der Waals surface area contributed by atoms with Gasteiger partial charge in [-0.25, -0.2) is 4.79 Å². The van der Waals surface area contributed by atoms with Crippen molar-refractivity contribution in [3.63, 3.8) is 0 Å². The zero-order chi connectivity index (χ0) is 15.6. The Morgan fingerprint density at radius 2 is 1.81 bits per heavy atom. The van der Waals surface area contributed by atoms with E-state index in [0.29, 0.717) is 5.88 Å². The van der Waals surface area contributed by atoms with Gasteiger partial charge in [-0.1, -0.05) is 27.7 Å². The van der Waals surface area contributed by atoms with E-state index in [0.717, 1.165) is 15.3 Å². The molecular formula is C15H20BrN3OS. The predicted octanol–water partition coefficient (Wildman–Crippen LogP) is 4.55. The Morgan fingerprint density at radius 3 is 2.33 bits per heavy atom. The number of benzene rings is 1. The quantitative estimate of drug-likeness (QED) is 0.782. The van der Waals surface area contributed by atoms with Gasteiger partial charge in [-0.2, -0.15) is 0 Å². The minimum atomic E-state index is -0.00882. The van der Waals surface area contributed by atoms with Gasteiger partial charge in [-0.15, -0.1) is 0 Å². The van der Waals surface area contributed by atoms with Crippen LogP contribution >= 0.6 is 27.7 Å². The van der Waals surface area contributed by atoms with Crippen LogP contribution < -0.4 is 4.90 Å². The lowest BCUT2D eigenvalue weighted by atomic mass is 10.3. The number of aliphatic imine (C=N–C) groups is 1. The molecule has 1 aliphatic rings. The van der Waals surface area contributed by atoms with Crippen molar-refractivity contribution in [1.82, 2.24) is 4.90 Å². The van der Waals surface area contributed by atoms with Crippen LogP contribution in [0.15, 0.2) is 33.7 Å². The summed E-state index contributed by atoms with van der Waals surface area (Å²) >= 11 is 5.03. The minimum Gasteiger partial charge on any atom is -0.284 e. The highest BCUT2D eigenvalue weighted by Crippen LogP contribution is 2.29. The molecule has 0 unspecified atom stereocenters. The van der Waals surface area contributed by atoms with E-state index < -0.39 is 0 Å². The number of hydrogen-bond donors (Lipinski definition) is 0. The second-order valence-corrected chi connectivity index (χ2v) is 7.26. The average molecular weight is 370 g/mol. The Kier molecular flexibility index (Phi) is 5.32. The fourth-order valence-corrected chi connectivity index (χ4v) is 3.51. The zero-order valence-corrected chi connectivity index (χ0v) is 15.1. The van der Waals surface area contributed by atoms with Crippen LogP contribution in [0.3, 0.4) is 0 Å². The van der Waals surface area contributed by atoms with Crippen LogP contribution in [0.1, 0.15) is 27.7 Å². The number of nitrogens with zero attached hydrogens (tertiary/aromatic N) is 3. The molecule has 0 spiro atoms. The molecule has 0 saturated carbocycles. The molecule has 0 atom stereocenters. The first-order chi connectivity index (χ1) is 9.90. The monoisotopic (exact) mass is 369 g/mol. The van der Waals surface area contributed by atoms with Crippen LogP contribution in [0.4, 0.5) is 10.5 Å². The summed E-state index contributed by atoms with van der Waals surface area (Å²) in [5.41, 5.74) is 0.907. The van der Waals surface area contributed by atoms with E-state index in [4.69, 9.17) is 0 Å². The number of carbonyl (C=O) groups excluding carboxylic acids is 1. The first kappa shape index (κ1) is 16.4. The van der Waals surface area contributed by atoms with Gasteiger partial charge in [-0.05, 0) is 52.0 Å². The molecule has 0 aliphatic carbocycles. The summed E-state index contributed by atoms with van der Waals surface area (Å²) in [5.74, 6) is 0.592. The van der Waals surface area contributed by atoms with E-state index in [-0.39, 0.29) is 18.1 Å². The maximum absolute atomic E-state index is 12.8. The second-order valence-electron chi connectivity index (χ2n) is 5.43. The van der Waals surface area contributed by atoms with E-state index in [9.17, 15) is 4.79 Å². The van der Waals surface area contributed by atoms with Gasteiger partial charge in [0.25, 0.3) is 0 Å². The number of hydrogen-bond acceptors (Lipinski definition) is 3. The lowest BCUT2D eigenvalue weighted by Gasteiger charge is -2.38. The number of halogens is 1. The number of amidine groups is 1. The third-order valence-corrected chi connectivity index (χ3v) is 4.47. The van der Waals surface area contributed by atoms with Gasteiger partial charge < -0.3 is 0 Å². The summed E-state index contributed by atoms with van der Waals surface area (Å²) in [6.45, 7) is 8.08. The summed E-state index contributed by atoms with van der Waals surface area (Å²) in [6, 6.07) is 8.05. The van der Waals surface area contributed by atoms with Crippen molar-refractivity contribution in [2.24, 2.45) is 4.99 Å². The minimum absolute atomic E-state index is 0.00882. The highest BCUT2D eigenvalue weighted by molar-refractivity contribution is 9.10. The Hall–Kier alpha value is -1.01. The van der Waals surface area contributed by atoms with Crippen molar-refractivity contribution in [2.75, 3.05) is 10.8 Å². The molecule has 0 bridgehead atoms. The summed E-state index contributed by atoms with van der Waals surface area (Å²) in [4.78, 5) is 20.9. The van der Waals surface area contributed by atoms with Crippen LogP contribution in [0, 0.1) is 0 Å². The van der Waals surface area contributed by atoms with Crippen LogP contribution in [-0.4, -0.2) is 34.1 Å². The number of anilines is 1. The normalized spacial score (nSPS) is 18.2. The maximum atomic E-state index is 12.8. The summed E-state index contributed by atoms with van der Waals surface area (Å²) in [6.07, 6.45) is 0. The smallest absolute Gasteiger partial charge is 0.284 e. The van der Waals surface area contributed by atoms with Gasteiger partial charge in [0.1, 0.15) is 0 Å². The molecule has 1 aromatic rings. The van der Waals surface area contributed by atoms with E-state index in [1.807, 2.05) is 52.0 Å². The largest absolute Gasteiger partial charge is 0.331 e. The fraction of sp³-hybridized carbons (Fsp3) is 0.467. The molecule has 1 aromatic carbocycles. The summed E-state index contributed by atoms with van der Waals surface area (Å²) in [5, 5.41) is 0.818. The van der Waals surface area contributed by atoms with E-state index >= 15 is 0 Å². The first-order valence-electron chi connectivity index (χ1n) is 6.97. The topological polar surface area (TPSA) is 35.9 Å². The van der Waals surface area contributed by atoms with Crippen molar-refractivity contribution in [3.8, 4) is 0 Å². The number of rotatable bonds is 3. The molecule has 114 valence electrons. The van der Waals surface area contributed by atoms with E-state index in [1.54, 1.807) is 21.6 Å². The molecule has 0 radical (unpaired) electrons. The molecule has 2 amide bonds. The highest BCUT2D eigenvalue weighted by atomic mass is 79.9. The molecule has 1 aliphatic heterocycles. The molecule has 0 N–H and O–H groups in total. The number of urea groups is 1. The number of thioether (sulfide) groups is 1. The van der Waals surface area contributed by atoms with Crippen molar-refractivity contribution in [2.45, 2.75) is 39.8 Å². The van der Waals surface area contributed by atoms with Gasteiger partial charge in [0, 0.05) is 22.2 Å². The second kappa shape index (κ2) is 6.83. The Bertz CT molecular complexity index is 542. The highest BCUT2D eigenvalue weighted by Gasteiger charge is 2.33. The van der Waals surface area contributed by atoms with Gasteiger partial charge >= 0.3 is 6.03 Å². The SMILES string of the molecule is CC(C)/N=C1\SCN(c2ccc(Br)cc2)C(=O)N1C(C)C. The maximum Gasteiger partial charge on any atom is 0.331 e. The van der Waals surface area contributed by atoms with Crippen molar-refractivity contribution >= 4 is 44.6 Å².